The summed E-state index contributed by atoms with van der Waals surface area (Å²) >= 11 is 0. The molecule has 0 aromatic carbocycles. The molecular weight excluding hydrogens is 426 g/mol. The summed E-state index contributed by atoms with van der Waals surface area (Å²) in [6.45, 7) is 7.77. The molecule has 0 bridgehead atoms. The molecule has 0 spiro atoms. The molecule has 5 rings (SSSR count). The number of hydrogen-bond acceptors (Lipinski definition) is 7. The van der Waals surface area contributed by atoms with Crippen molar-refractivity contribution in [1.29, 1.82) is 0 Å². The maximum atomic E-state index is 5.48. The van der Waals surface area contributed by atoms with Gasteiger partial charge in [0.1, 0.15) is 17.3 Å². The largest absolute Gasteiger partial charge is 0.478 e. The van der Waals surface area contributed by atoms with Gasteiger partial charge in [-0.1, -0.05) is 6.07 Å². The van der Waals surface area contributed by atoms with E-state index in [1.54, 1.807) is 0 Å². The quantitative estimate of drug-likeness (QED) is 0.422. The lowest BCUT2D eigenvalue weighted by Gasteiger charge is -2.38. The molecule has 5 heterocycles. The predicted octanol–water partition coefficient (Wildman–Crippen LogP) is 3.24. The van der Waals surface area contributed by atoms with Crippen LogP contribution in [-0.2, 0) is 12.8 Å². The molecule has 1 fully saturated rings. The van der Waals surface area contributed by atoms with E-state index in [1.807, 2.05) is 42.0 Å². The van der Waals surface area contributed by atoms with E-state index in [0.29, 0.717) is 24.9 Å². The topological polar surface area (TPSA) is 71.7 Å². The Balaban J connectivity index is 1.44. The number of rotatable bonds is 7. The van der Waals surface area contributed by atoms with Gasteiger partial charge in [0.05, 0.1) is 12.3 Å². The lowest BCUT2D eigenvalue weighted by atomic mass is 10.1. The molecule has 34 heavy (non-hydrogen) atoms. The van der Waals surface area contributed by atoms with E-state index < -0.39 is 0 Å². The van der Waals surface area contributed by atoms with E-state index in [0.717, 1.165) is 54.6 Å². The second kappa shape index (κ2) is 9.77. The normalized spacial score (nSPS) is 16.8. The molecule has 8 heteroatoms. The molecule has 8 nitrogen and oxygen atoms in total. The Morgan fingerprint density at radius 1 is 1.00 bits per heavy atom. The fraction of sp³-hybridized carbons (Fsp3) is 0.385. The van der Waals surface area contributed by atoms with Gasteiger partial charge in [-0.05, 0) is 44.2 Å². The number of pyridine rings is 2. The van der Waals surface area contributed by atoms with Crippen molar-refractivity contribution in [3.8, 4) is 5.88 Å². The van der Waals surface area contributed by atoms with Crippen molar-refractivity contribution < 1.29 is 4.74 Å². The van der Waals surface area contributed by atoms with Crippen molar-refractivity contribution >= 4 is 11.5 Å². The summed E-state index contributed by atoms with van der Waals surface area (Å²) in [4.78, 5) is 23.5. The minimum Gasteiger partial charge on any atom is -0.478 e. The molecule has 1 atom stereocenters. The summed E-state index contributed by atoms with van der Waals surface area (Å²) in [5.41, 5.74) is 4.21. The molecule has 0 aliphatic carbocycles. The van der Waals surface area contributed by atoms with Crippen LogP contribution in [0.4, 0.5) is 5.82 Å². The smallest absolute Gasteiger partial charge is 0.213 e. The minimum atomic E-state index is 0.480. The van der Waals surface area contributed by atoms with Gasteiger partial charge >= 0.3 is 0 Å². The third-order valence-electron chi connectivity index (χ3n) is 6.40. The van der Waals surface area contributed by atoms with Gasteiger partial charge in [-0.2, -0.15) is 0 Å². The van der Waals surface area contributed by atoms with Crippen molar-refractivity contribution in [3.05, 3.63) is 77.8 Å². The number of anilines is 1. The first-order chi connectivity index (χ1) is 16.6. The zero-order valence-electron chi connectivity index (χ0n) is 20.1. The Morgan fingerprint density at radius 3 is 2.71 bits per heavy atom. The average Bonchev–Trinajstić information content (AvgIpc) is 3.30. The Bertz CT molecular complexity index is 1250. The SMILES string of the molecule is CCOc1ccc(Cc2nc(Cc3ccn4ccnc4c3)cc(N3CCN(C)[C@@H](C)C3)n2)cn1. The van der Waals surface area contributed by atoms with Crippen molar-refractivity contribution in [2.75, 3.05) is 38.2 Å². The summed E-state index contributed by atoms with van der Waals surface area (Å²) in [6.07, 6.45) is 9.04. The molecule has 0 unspecified atom stereocenters. The van der Waals surface area contributed by atoms with Crippen LogP contribution in [0, 0.1) is 0 Å². The summed E-state index contributed by atoms with van der Waals surface area (Å²) in [7, 11) is 2.18. The minimum absolute atomic E-state index is 0.480. The number of hydrogen-bond donors (Lipinski definition) is 0. The molecule has 0 amide bonds. The summed E-state index contributed by atoms with van der Waals surface area (Å²) in [5.74, 6) is 2.45. The first kappa shape index (κ1) is 22.3. The summed E-state index contributed by atoms with van der Waals surface area (Å²) < 4.78 is 7.50. The lowest BCUT2D eigenvalue weighted by Crippen LogP contribution is -2.50. The molecule has 0 saturated carbocycles. The van der Waals surface area contributed by atoms with Crippen LogP contribution in [0.5, 0.6) is 5.88 Å². The zero-order valence-corrected chi connectivity index (χ0v) is 20.1. The van der Waals surface area contributed by atoms with Crippen LogP contribution >= 0.6 is 0 Å². The van der Waals surface area contributed by atoms with E-state index >= 15 is 0 Å². The molecule has 0 radical (unpaired) electrons. The van der Waals surface area contributed by atoms with Crippen LogP contribution in [0.1, 0.15) is 36.5 Å². The van der Waals surface area contributed by atoms with Gasteiger partial charge in [0.15, 0.2) is 0 Å². The van der Waals surface area contributed by atoms with Gasteiger partial charge in [0.2, 0.25) is 5.88 Å². The molecule has 4 aromatic heterocycles. The van der Waals surface area contributed by atoms with Crippen LogP contribution in [-0.4, -0.2) is 68.6 Å². The zero-order chi connectivity index (χ0) is 23.5. The van der Waals surface area contributed by atoms with E-state index in [9.17, 15) is 0 Å². The Hall–Kier alpha value is -3.52. The van der Waals surface area contributed by atoms with Gasteiger partial charge in [0, 0.05) is 75.4 Å². The van der Waals surface area contributed by atoms with E-state index in [4.69, 9.17) is 14.7 Å². The van der Waals surface area contributed by atoms with Crippen molar-refractivity contribution in [1.82, 2.24) is 29.2 Å². The third kappa shape index (κ3) is 5.02. The van der Waals surface area contributed by atoms with Crippen LogP contribution in [0.3, 0.4) is 0 Å². The van der Waals surface area contributed by atoms with Crippen molar-refractivity contribution in [2.45, 2.75) is 32.7 Å². The van der Waals surface area contributed by atoms with Gasteiger partial charge in [-0.15, -0.1) is 0 Å². The fourth-order valence-corrected chi connectivity index (χ4v) is 4.33. The number of imidazole rings is 1. The van der Waals surface area contributed by atoms with Crippen LogP contribution < -0.4 is 9.64 Å². The van der Waals surface area contributed by atoms with Gasteiger partial charge in [0.25, 0.3) is 0 Å². The standard InChI is InChI=1S/C26H31N7O/c1-4-34-26-6-5-21(17-28-26)14-23-29-22(13-20-7-9-32-10-8-27-24(32)15-20)16-25(30-23)33-12-11-31(3)19(2)18-33/h5-10,15-17,19H,4,11-14,18H2,1-3H3/t19-/m0/s1. The number of aromatic nitrogens is 5. The number of ether oxygens (including phenoxy) is 1. The molecular formula is C26H31N7O. The van der Waals surface area contributed by atoms with Gasteiger partial charge in [-0.25, -0.2) is 19.9 Å². The molecule has 1 aliphatic heterocycles. The van der Waals surface area contributed by atoms with Crippen LogP contribution in [0.2, 0.25) is 0 Å². The molecule has 1 saturated heterocycles. The lowest BCUT2D eigenvalue weighted by molar-refractivity contribution is 0.233. The fourth-order valence-electron chi connectivity index (χ4n) is 4.33. The first-order valence-electron chi connectivity index (χ1n) is 11.9. The number of piperazine rings is 1. The van der Waals surface area contributed by atoms with E-state index in [2.05, 4.69) is 58.1 Å². The number of nitrogens with zero attached hydrogens (tertiary/aromatic N) is 7. The van der Waals surface area contributed by atoms with Gasteiger partial charge in [-0.3, -0.25) is 0 Å². The predicted molar refractivity (Wildman–Crippen MR) is 133 cm³/mol. The second-order valence-corrected chi connectivity index (χ2v) is 8.93. The van der Waals surface area contributed by atoms with Crippen molar-refractivity contribution in [3.63, 3.8) is 0 Å². The monoisotopic (exact) mass is 457 g/mol. The Kier molecular flexibility index (Phi) is 6.40. The van der Waals surface area contributed by atoms with E-state index in [-0.39, 0.29) is 0 Å². The molecule has 0 N–H and O–H groups in total. The Labute approximate surface area is 200 Å². The number of likely N-dealkylation sites (N-methyl/N-ethyl adjacent to an activating group) is 1. The Morgan fingerprint density at radius 2 is 1.91 bits per heavy atom. The second-order valence-electron chi connectivity index (χ2n) is 8.93. The highest BCUT2D eigenvalue weighted by Crippen LogP contribution is 2.21. The highest BCUT2D eigenvalue weighted by molar-refractivity contribution is 5.45. The number of fused-ring (bicyclic) bond motifs is 1. The highest BCUT2D eigenvalue weighted by atomic mass is 16.5. The first-order valence-corrected chi connectivity index (χ1v) is 11.9. The maximum absolute atomic E-state index is 5.48. The highest BCUT2D eigenvalue weighted by Gasteiger charge is 2.22. The van der Waals surface area contributed by atoms with Gasteiger partial charge < -0.3 is 18.9 Å². The molecule has 176 valence electrons. The van der Waals surface area contributed by atoms with Crippen LogP contribution in [0.15, 0.2) is 55.1 Å². The average molecular weight is 458 g/mol. The third-order valence-corrected chi connectivity index (χ3v) is 6.40. The molecule has 1 aliphatic rings. The molecule has 4 aromatic rings. The summed E-state index contributed by atoms with van der Waals surface area (Å²) in [6, 6.07) is 10.8. The summed E-state index contributed by atoms with van der Waals surface area (Å²) in [5, 5.41) is 0. The van der Waals surface area contributed by atoms with Crippen LogP contribution in [0.25, 0.3) is 5.65 Å². The van der Waals surface area contributed by atoms with E-state index in [1.165, 1.54) is 5.56 Å². The maximum Gasteiger partial charge on any atom is 0.213 e. The van der Waals surface area contributed by atoms with Crippen molar-refractivity contribution in [2.24, 2.45) is 0 Å².